The van der Waals surface area contributed by atoms with E-state index < -0.39 is 11.4 Å². The van der Waals surface area contributed by atoms with Crippen LogP contribution in [0.3, 0.4) is 0 Å². The first-order chi connectivity index (χ1) is 12.8. The molecular weight excluding hydrogens is 376 g/mol. The average Bonchev–Trinajstić information content (AvgIpc) is 2.75. The van der Waals surface area contributed by atoms with Gasteiger partial charge in [-0.15, -0.1) is 0 Å². The summed E-state index contributed by atoms with van der Waals surface area (Å²) in [5, 5.41) is 9.43. The summed E-state index contributed by atoms with van der Waals surface area (Å²) in [6, 6.07) is 2.46. The molecule has 2 aromatic heterocycles. The Labute approximate surface area is 160 Å². The summed E-state index contributed by atoms with van der Waals surface area (Å²) in [4.78, 5) is 28.0. The number of carboxylic acid groups (broad SMARTS) is 1. The molecule has 0 amide bonds. The van der Waals surface area contributed by atoms with Gasteiger partial charge in [-0.25, -0.2) is 9.78 Å². The van der Waals surface area contributed by atoms with E-state index in [0.717, 1.165) is 0 Å². The molecule has 1 unspecified atom stereocenters. The number of methoxy groups -OCH3 is 1. The van der Waals surface area contributed by atoms with Crippen LogP contribution in [0.25, 0.3) is 11.4 Å². The Hall–Kier alpha value is -2.58. The summed E-state index contributed by atoms with van der Waals surface area (Å²) in [5.74, 6) is -0.576. The third-order valence-electron chi connectivity index (χ3n) is 4.13. The molecule has 0 bridgehead atoms. The average molecular weight is 395 g/mol. The lowest BCUT2D eigenvalue weighted by atomic mass is 10.1. The lowest BCUT2D eigenvalue weighted by Crippen LogP contribution is -2.26. The number of pyridine rings is 2. The van der Waals surface area contributed by atoms with Gasteiger partial charge in [0.1, 0.15) is 17.9 Å². The van der Waals surface area contributed by atoms with Crippen molar-refractivity contribution in [1.29, 1.82) is 0 Å². The number of hydrogen-bond acceptors (Lipinski definition) is 6. The fraction of sp³-hybridized carbons (Fsp3) is 0.389. The van der Waals surface area contributed by atoms with Crippen LogP contribution in [0.5, 0.6) is 11.5 Å². The maximum Gasteiger partial charge on any atom is 0.341 e. The van der Waals surface area contributed by atoms with E-state index in [1.54, 1.807) is 10.6 Å². The van der Waals surface area contributed by atoms with Gasteiger partial charge in [-0.05, 0) is 13.8 Å². The molecule has 1 aliphatic heterocycles. The Balaban J connectivity index is 2.21. The van der Waals surface area contributed by atoms with Crippen molar-refractivity contribution < 1.29 is 24.1 Å². The van der Waals surface area contributed by atoms with Crippen LogP contribution in [0.15, 0.2) is 23.1 Å². The van der Waals surface area contributed by atoms with E-state index in [-0.39, 0.29) is 36.1 Å². The minimum atomic E-state index is -1.30. The zero-order chi connectivity index (χ0) is 19.7. The molecule has 0 saturated carbocycles. The summed E-state index contributed by atoms with van der Waals surface area (Å²) in [7, 11) is 1.46. The van der Waals surface area contributed by atoms with E-state index in [4.69, 9.17) is 25.8 Å². The van der Waals surface area contributed by atoms with Crippen molar-refractivity contribution in [1.82, 2.24) is 9.55 Å². The summed E-state index contributed by atoms with van der Waals surface area (Å²) in [6.07, 6.45) is 1.28. The van der Waals surface area contributed by atoms with Crippen molar-refractivity contribution in [2.75, 3.05) is 20.3 Å². The second kappa shape index (κ2) is 7.58. The fourth-order valence-corrected chi connectivity index (χ4v) is 3.01. The van der Waals surface area contributed by atoms with Crippen molar-refractivity contribution >= 4 is 17.6 Å². The summed E-state index contributed by atoms with van der Waals surface area (Å²) >= 11 is 6.14. The Morgan fingerprint density at radius 1 is 1.48 bits per heavy atom. The molecule has 2 aromatic rings. The van der Waals surface area contributed by atoms with Gasteiger partial charge in [0.05, 0.1) is 31.6 Å². The summed E-state index contributed by atoms with van der Waals surface area (Å²) in [6.45, 7) is 4.26. The van der Waals surface area contributed by atoms with E-state index >= 15 is 0 Å². The smallest absolute Gasteiger partial charge is 0.341 e. The Kier molecular flexibility index (Phi) is 5.38. The van der Waals surface area contributed by atoms with Gasteiger partial charge in [0.2, 0.25) is 0 Å². The second-order valence-corrected chi connectivity index (χ2v) is 6.68. The zero-order valence-electron chi connectivity index (χ0n) is 15.1. The molecule has 0 fully saturated rings. The quantitative estimate of drug-likeness (QED) is 0.778. The molecule has 1 atom stereocenters. The molecule has 3 rings (SSSR count). The van der Waals surface area contributed by atoms with Crippen molar-refractivity contribution in [3.63, 3.8) is 0 Å². The minimum absolute atomic E-state index is 0.0231. The third kappa shape index (κ3) is 3.77. The van der Waals surface area contributed by atoms with Gasteiger partial charge in [0.25, 0.3) is 0 Å². The highest BCUT2D eigenvalue weighted by Gasteiger charge is 2.27. The molecular formula is C18H19ClN2O6. The fourth-order valence-electron chi connectivity index (χ4n) is 2.79. The summed E-state index contributed by atoms with van der Waals surface area (Å²) in [5.41, 5.74) is -0.225. The molecule has 8 nitrogen and oxygen atoms in total. The number of hydrogen-bond donors (Lipinski definition) is 1. The first-order valence-electron chi connectivity index (χ1n) is 8.30. The number of rotatable bonds is 5. The van der Waals surface area contributed by atoms with Gasteiger partial charge in [-0.3, -0.25) is 4.79 Å². The monoisotopic (exact) mass is 394 g/mol. The predicted molar refractivity (Wildman–Crippen MR) is 98.1 cm³/mol. The van der Waals surface area contributed by atoms with Gasteiger partial charge >= 0.3 is 5.97 Å². The van der Waals surface area contributed by atoms with Gasteiger partial charge in [-0.1, -0.05) is 11.6 Å². The second-order valence-electron chi connectivity index (χ2n) is 6.32. The van der Waals surface area contributed by atoms with E-state index in [1.807, 2.05) is 13.8 Å². The maximum atomic E-state index is 12.3. The number of aromatic nitrogens is 2. The van der Waals surface area contributed by atoms with Crippen LogP contribution in [0, 0.1) is 0 Å². The highest BCUT2D eigenvalue weighted by molar-refractivity contribution is 6.31. The van der Waals surface area contributed by atoms with Crippen LogP contribution < -0.4 is 14.9 Å². The van der Waals surface area contributed by atoms with Crippen LogP contribution in [0.4, 0.5) is 0 Å². The van der Waals surface area contributed by atoms with E-state index in [9.17, 15) is 14.7 Å². The number of nitrogens with zero attached hydrogens (tertiary/aromatic N) is 2. The minimum Gasteiger partial charge on any atom is -0.493 e. The molecule has 1 aliphatic rings. The topological polar surface area (TPSA) is 99.9 Å². The highest BCUT2D eigenvalue weighted by atomic mass is 35.5. The van der Waals surface area contributed by atoms with Crippen molar-refractivity contribution in [2.24, 2.45) is 0 Å². The standard InChI is InChI=1S/C18H19ClN2O6/c1-9(2)26-7-10-8-27-14-5-15(25-3)17(19)20-16(14)12-4-13(22)11(18(23)24)6-21(10)12/h4-6,9-10H,7-8H2,1-3H3,(H,23,24). The van der Waals surface area contributed by atoms with Gasteiger partial charge in [0.15, 0.2) is 22.1 Å². The lowest BCUT2D eigenvalue weighted by Gasteiger charge is -2.22. The number of carbonyl (C=O) groups is 1. The molecule has 0 aliphatic carbocycles. The SMILES string of the molecule is COc1cc2c(nc1Cl)-c1cc(=O)c(C(=O)O)cn1C(COC(C)C)CO2. The third-order valence-corrected chi connectivity index (χ3v) is 4.40. The predicted octanol–water partition coefficient (Wildman–Crippen LogP) is 2.63. The normalized spacial score (nSPS) is 15.5. The molecule has 1 N–H and O–H groups in total. The molecule has 9 heteroatoms. The Bertz CT molecular complexity index is 940. The van der Waals surface area contributed by atoms with Crippen LogP contribution in [0.2, 0.25) is 5.15 Å². The van der Waals surface area contributed by atoms with E-state index in [0.29, 0.717) is 22.9 Å². The summed E-state index contributed by atoms with van der Waals surface area (Å²) < 4.78 is 18.4. The largest absolute Gasteiger partial charge is 0.493 e. The number of carboxylic acids is 1. The lowest BCUT2D eigenvalue weighted by molar-refractivity contribution is 0.0422. The molecule has 0 radical (unpaired) electrons. The molecule has 0 spiro atoms. The zero-order valence-corrected chi connectivity index (χ0v) is 15.8. The first kappa shape index (κ1) is 19.2. The number of aromatic carboxylic acids is 1. The molecule has 0 saturated heterocycles. The van der Waals surface area contributed by atoms with Crippen molar-refractivity contribution in [3.8, 4) is 22.9 Å². The van der Waals surface area contributed by atoms with Crippen LogP contribution >= 0.6 is 11.6 Å². The Morgan fingerprint density at radius 3 is 2.85 bits per heavy atom. The number of halogens is 1. The van der Waals surface area contributed by atoms with Crippen molar-refractivity contribution in [2.45, 2.75) is 26.0 Å². The first-order valence-corrected chi connectivity index (χ1v) is 8.68. The molecule has 27 heavy (non-hydrogen) atoms. The van der Waals surface area contributed by atoms with Crippen LogP contribution in [-0.2, 0) is 4.74 Å². The Morgan fingerprint density at radius 2 is 2.22 bits per heavy atom. The van der Waals surface area contributed by atoms with Gasteiger partial charge in [-0.2, -0.15) is 0 Å². The highest BCUT2D eigenvalue weighted by Crippen LogP contribution is 2.38. The van der Waals surface area contributed by atoms with Gasteiger partial charge < -0.3 is 23.9 Å². The maximum absolute atomic E-state index is 12.3. The number of fused-ring (bicyclic) bond motifs is 3. The molecule has 144 valence electrons. The van der Waals surface area contributed by atoms with Crippen LogP contribution in [0.1, 0.15) is 30.2 Å². The van der Waals surface area contributed by atoms with Gasteiger partial charge in [0, 0.05) is 18.3 Å². The van der Waals surface area contributed by atoms with E-state index in [1.165, 1.54) is 19.4 Å². The number of ether oxygens (including phenoxy) is 3. The van der Waals surface area contributed by atoms with Crippen molar-refractivity contribution in [3.05, 3.63) is 39.3 Å². The molecule has 0 aromatic carbocycles. The molecule has 3 heterocycles. The van der Waals surface area contributed by atoms with Crippen LogP contribution in [-0.4, -0.2) is 47.1 Å². The van der Waals surface area contributed by atoms with E-state index in [2.05, 4.69) is 4.98 Å².